The Hall–Kier alpha value is -1.99. The van der Waals surface area contributed by atoms with Crippen LogP contribution in [-0.4, -0.2) is 21.7 Å². The summed E-state index contributed by atoms with van der Waals surface area (Å²) in [5, 5.41) is 22.9. The maximum absolute atomic E-state index is 12.4. The SMILES string of the molecule is Cn1cc(C(=O)Nc2sc3c(c2C#N)CC(Cc2sccc2Br)NC3)cn1. The van der Waals surface area contributed by atoms with Gasteiger partial charge in [0.15, 0.2) is 0 Å². The van der Waals surface area contributed by atoms with Gasteiger partial charge in [0.1, 0.15) is 11.1 Å². The third-order valence-electron chi connectivity index (χ3n) is 4.52. The van der Waals surface area contributed by atoms with E-state index in [1.807, 2.05) is 0 Å². The Morgan fingerprint density at radius 2 is 2.44 bits per heavy atom. The second-order valence-corrected chi connectivity index (χ2v) is 9.31. The zero-order chi connectivity index (χ0) is 19.0. The molecule has 2 N–H and O–H groups in total. The minimum Gasteiger partial charge on any atom is -0.312 e. The molecular weight excluding hydrogens is 446 g/mol. The van der Waals surface area contributed by atoms with Crippen molar-refractivity contribution in [3.05, 3.63) is 54.8 Å². The topological polar surface area (TPSA) is 82.7 Å². The molecule has 1 amide bonds. The molecule has 1 atom stereocenters. The van der Waals surface area contributed by atoms with Crippen molar-refractivity contribution < 1.29 is 4.79 Å². The Balaban J connectivity index is 1.54. The summed E-state index contributed by atoms with van der Waals surface area (Å²) in [6, 6.07) is 4.63. The largest absolute Gasteiger partial charge is 0.312 e. The van der Waals surface area contributed by atoms with Gasteiger partial charge in [-0.05, 0) is 45.8 Å². The second kappa shape index (κ2) is 7.56. The van der Waals surface area contributed by atoms with E-state index in [-0.39, 0.29) is 11.9 Å². The summed E-state index contributed by atoms with van der Waals surface area (Å²) in [6.07, 6.45) is 4.87. The second-order valence-electron chi connectivity index (χ2n) is 6.35. The number of amides is 1. The van der Waals surface area contributed by atoms with Gasteiger partial charge in [0.2, 0.25) is 0 Å². The Morgan fingerprint density at radius 3 is 3.11 bits per heavy atom. The molecule has 0 aromatic carbocycles. The van der Waals surface area contributed by atoms with Crippen LogP contribution >= 0.6 is 38.6 Å². The molecule has 0 saturated carbocycles. The van der Waals surface area contributed by atoms with E-state index in [4.69, 9.17) is 0 Å². The lowest BCUT2D eigenvalue weighted by Gasteiger charge is -2.23. The summed E-state index contributed by atoms with van der Waals surface area (Å²) in [5.74, 6) is -0.245. The van der Waals surface area contributed by atoms with E-state index < -0.39 is 0 Å². The molecule has 1 aliphatic heterocycles. The summed E-state index contributed by atoms with van der Waals surface area (Å²) < 4.78 is 2.71. The van der Waals surface area contributed by atoms with E-state index in [2.05, 4.69) is 49.2 Å². The number of rotatable bonds is 4. The first-order chi connectivity index (χ1) is 13.0. The van der Waals surface area contributed by atoms with Crippen LogP contribution in [0.1, 0.15) is 31.2 Å². The number of carbonyl (C=O) groups is 1. The van der Waals surface area contributed by atoms with E-state index in [1.165, 1.54) is 22.4 Å². The normalized spacial score (nSPS) is 16.0. The molecule has 0 bridgehead atoms. The fourth-order valence-corrected chi connectivity index (χ4v) is 5.91. The molecule has 0 spiro atoms. The van der Waals surface area contributed by atoms with Gasteiger partial charge in [-0.1, -0.05) is 0 Å². The van der Waals surface area contributed by atoms with Crippen LogP contribution < -0.4 is 10.6 Å². The van der Waals surface area contributed by atoms with Gasteiger partial charge in [0.25, 0.3) is 5.91 Å². The van der Waals surface area contributed by atoms with Gasteiger partial charge < -0.3 is 10.6 Å². The minimum absolute atomic E-state index is 0.245. The number of nitrogens with zero attached hydrogens (tertiary/aromatic N) is 3. The third-order valence-corrected chi connectivity index (χ3v) is 7.62. The number of anilines is 1. The van der Waals surface area contributed by atoms with Crippen molar-refractivity contribution in [1.29, 1.82) is 5.26 Å². The van der Waals surface area contributed by atoms with E-state index in [1.54, 1.807) is 29.3 Å². The van der Waals surface area contributed by atoms with Crippen molar-refractivity contribution in [3.8, 4) is 6.07 Å². The lowest BCUT2D eigenvalue weighted by molar-refractivity contribution is 0.102. The maximum Gasteiger partial charge on any atom is 0.259 e. The number of thiophene rings is 2. The van der Waals surface area contributed by atoms with Gasteiger partial charge in [-0.15, -0.1) is 22.7 Å². The van der Waals surface area contributed by atoms with Crippen molar-refractivity contribution in [3.63, 3.8) is 0 Å². The van der Waals surface area contributed by atoms with Crippen LogP contribution in [0.3, 0.4) is 0 Å². The maximum atomic E-state index is 12.4. The number of aromatic nitrogens is 2. The summed E-state index contributed by atoms with van der Waals surface area (Å²) in [6.45, 7) is 0.713. The molecule has 1 unspecified atom stereocenters. The Labute approximate surface area is 173 Å². The van der Waals surface area contributed by atoms with Gasteiger partial charge in [-0.2, -0.15) is 10.4 Å². The predicted molar refractivity (Wildman–Crippen MR) is 110 cm³/mol. The van der Waals surface area contributed by atoms with Crippen LogP contribution in [0.15, 0.2) is 28.3 Å². The van der Waals surface area contributed by atoms with Crippen LogP contribution in [0.4, 0.5) is 5.00 Å². The van der Waals surface area contributed by atoms with E-state index in [0.717, 1.165) is 27.8 Å². The van der Waals surface area contributed by atoms with Gasteiger partial charge in [0, 0.05) is 40.1 Å². The molecule has 138 valence electrons. The van der Waals surface area contributed by atoms with Crippen molar-refractivity contribution >= 4 is 49.5 Å². The number of aryl methyl sites for hydroxylation is 1. The predicted octanol–water partition coefficient (Wildman–Crippen LogP) is 3.69. The smallest absolute Gasteiger partial charge is 0.259 e. The summed E-state index contributed by atoms with van der Waals surface area (Å²) in [4.78, 5) is 14.9. The van der Waals surface area contributed by atoms with E-state index in [9.17, 15) is 10.1 Å². The first-order valence-electron chi connectivity index (χ1n) is 8.35. The minimum atomic E-state index is -0.245. The number of halogens is 1. The number of nitrogens with one attached hydrogen (secondary N) is 2. The van der Waals surface area contributed by atoms with Crippen molar-refractivity contribution in [2.75, 3.05) is 5.32 Å². The highest BCUT2D eigenvalue weighted by Gasteiger charge is 2.27. The lowest BCUT2D eigenvalue weighted by atomic mass is 9.96. The lowest BCUT2D eigenvalue weighted by Crippen LogP contribution is -2.36. The van der Waals surface area contributed by atoms with Gasteiger partial charge in [-0.3, -0.25) is 9.48 Å². The molecule has 6 nitrogen and oxygen atoms in total. The molecular formula is C18H16BrN5OS2. The molecule has 4 heterocycles. The average molecular weight is 462 g/mol. The summed E-state index contributed by atoms with van der Waals surface area (Å²) in [5.41, 5.74) is 2.12. The fraction of sp³-hybridized carbons (Fsp3) is 0.278. The Kier molecular flexibility index (Phi) is 5.14. The first-order valence-corrected chi connectivity index (χ1v) is 10.8. The highest BCUT2D eigenvalue weighted by Crippen LogP contribution is 2.37. The van der Waals surface area contributed by atoms with Crippen molar-refractivity contribution in [1.82, 2.24) is 15.1 Å². The van der Waals surface area contributed by atoms with E-state index >= 15 is 0 Å². The molecule has 9 heteroatoms. The van der Waals surface area contributed by atoms with Crippen LogP contribution in [0, 0.1) is 11.3 Å². The van der Waals surface area contributed by atoms with Crippen LogP contribution in [0.2, 0.25) is 0 Å². The van der Waals surface area contributed by atoms with Crippen LogP contribution in [-0.2, 0) is 26.4 Å². The van der Waals surface area contributed by atoms with Crippen molar-refractivity contribution in [2.45, 2.75) is 25.4 Å². The molecule has 3 aromatic heterocycles. The van der Waals surface area contributed by atoms with Gasteiger partial charge in [-0.25, -0.2) is 0 Å². The number of hydrogen-bond acceptors (Lipinski definition) is 6. The van der Waals surface area contributed by atoms with E-state index in [0.29, 0.717) is 22.7 Å². The molecule has 0 aliphatic carbocycles. The standard InChI is InChI=1S/C18H16BrN5OS2/c1-24-9-10(7-22-24)17(25)23-18-13(6-20)12-4-11(21-8-16(12)27-18)5-15-14(19)2-3-26-15/h2-3,7,9,11,21H,4-5,8H2,1H3,(H,23,25). The zero-order valence-electron chi connectivity index (χ0n) is 14.5. The summed E-state index contributed by atoms with van der Waals surface area (Å²) in [7, 11) is 1.76. The Bertz CT molecular complexity index is 1040. The molecule has 1 aliphatic rings. The highest BCUT2D eigenvalue weighted by atomic mass is 79.9. The van der Waals surface area contributed by atoms with Crippen LogP contribution in [0.25, 0.3) is 0 Å². The Morgan fingerprint density at radius 1 is 1.59 bits per heavy atom. The molecule has 27 heavy (non-hydrogen) atoms. The number of fused-ring (bicyclic) bond motifs is 1. The number of hydrogen-bond donors (Lipinski definition) is 2. The van der Waals surface area contributed by atoms with Gasteiger partial charge >= 0.3 is 0 Å². The quantitative estimate of drug-likeness (QED) is 0.620. The first kappa shape index (κ1) is 18.4. The number of nitriles is 1. The average Bonchev–Trinajstić information content (AvgIpc) is 3.34. The molecule has 0 radical (unpaired) electrons. The zero-order valence-corrected chi connectivity index (χ0v) is 17.7. The molecule has 0 fully saturated rings. The third kappa shape index (κ3) is 3.71. The molecule has 0 saturated heterocycles. The highest BCUT2D eigenvalue weighted by molar-refractivity contribution is 9.10. The van der Waals surface area contributed by atoms with Crippen molar-refractivity contribution in [2.24, 2.45) is 7.05 Å². The molecule has 3 aromatic rings. The van der Waals surface area contributed by atoms with Gasteiger partial charge in [0.05, 0.1) is 17.3 Å². The summed E-state index contributed by atoms with van der Waals surface area (Å²) >= 11 is 6.80. The van der Waals surface area contributed by atoms with Crippen LogP contribution in [0.5, 0.6) is 0 Å². The number of carbonyl (C=O) groups excluding carboxylic acids is 1. The fourth-order valence-electron chi connectivity index (χ4n) is 3.19. The monoisotopic (exact) mass is 461 g/mol. The molecule has 4 rings (SSSR count).